The summed E-state index contributed by atoms with van der Waals surface area (Å²) >= 11 is 5.78. The second kappa shape index (κ2) is 5.45. The summed E-state index contributed by atoms with van der Waals surface area (Å²) in [7, 11) is -3.88. The Bertz CT molecular complexity index is 785. The van der Waals surface area contributed by atoms with E-state index in [2.05, 4.69) is 9.71 Å². The third-order valence-electron chi connectivity index (χ3n) is 2.35. The number of nitrogens with one attached hydrogen (secondary N) is 1. The molecular weight excluding hydrogens is 305 g/mol. The van der Waals surface area contributed by atoms with Crippen LogP contribution in [0.1, 0.15) is 5.56 Å². The lowest BCUT2D eigenvalue weighted by Crippen LogP contribution is -2.13. The number of pyridine rings is 1. The zero-order valence-electron chi connectivity index (χ0n) is 9.84. The summed E-state index contributed by atoms with van der Waals surface area (Å²) in [6, 6.07) is 7.83. The molecule has 1 N–H and O–H groups in total. The molecule has 0 fully saturated rings. The van der Waals surface area contributed by atoms with Crippen LogP contribution in [0, 0.1) is 17.3 Å². The van der Waals surface area contributed by atoms with Crippen molar-refractivity contribution in [3.63, 3.8) is 0 Å². The molecule has 0 unspecified atom stereocenters. The van der Waals surface area contributed by atoms with Gasteiger partial charge in [0.25, 0.3) is 10.0 Å². The van der Waals surface area contributed by atoms with Crippen LogP contribution in [0.4, 0.5) is 10.1 Å². The highest BCUT2D eigenvalue weighted by molar-refractivity contribution is 7.92. The Morgan fingerprint density at radius 3 is 2.60 bits per heavy atom. The molecule has 2 aromatic rings. The Balaban J connectivity index is 2.33. The van der Waals surface area contributed by atoms with Crippen LogP contribution in [-0.4, -0.2) is 13.4 Å². The van der Waals surface area contributed by atoms with Gasteiger partial charge >= 0.3 is 0 Å². The first-order chi connectivity index (χ1) is 9.42. The number of benzene rings is 1. The summed E-state index contributed by atoms with van der Waals surface area (Å²) in [5.41, 5.74) is 0.293. The molecule has 0 saturated carbocycles. The number of nitrogens with zero attached hydrogens (tertiary/aromatic N) is 2. The maximum Gasteiger partial charge on any atom is 0.261 e. The maximum atomic E-state index is 12.6. The van der Waals surface area contributed by atoms with Gasteiger partial charge in [-0.05, 0) is 30.3 Å². The third-order valence-corrected chi connectivity index (χ3v) is 4.04. The van der Waals surface area contributed by atoms with Crippen molar-refractivity contribution in [3.8, 4) is 6.07 Å². The molecule has 0 aliphatic heterocycles. The maximum absolute atomic E-state index is 12.6. The van der Waals surface area contributed by atoms with Gasteiger partial charge in [0.1, 0.15) is 6.07 Å². The van der Waals surface area contributed by atoms with Crippen molar-refractivity contribution in [2.75, 3.05) is 4.72 Å². The fourth-order valence-electron chi connectivity index (χ4n) is 1.40. The molecule has 20 heavy (non-hydrogen) atoms. The molecule has 0 saturated heterocycles. The number of rotatable bonds is 3. The van der Waals surface area contributed by atoms with E-state index in [0.29, 0.717) is 0 Å². The quantitative estimate of drug-likeness (QED) is 0.883. The standard InChI is InChI=1S/C12H7ClFN3O2S/c13-11-5-10(3-1-8(11)6-15)20(18,19)17-9-2-4-12(14)16-7-9/h1-5,7,17H. The first kappa shape index (κ1) is 14.2. The summed E-state index contributed by atoms with van der Waals surface area (Å²) in [6.07, 6.45) is 1.05. The van der Waals surface area contributed by atoms with Crippen LogP contribution in [0.15, 0.2) is 41.4 Å². The van der Waals surface area contributed by atoms with E-state index < -0.39 is 16.0 Å². The second-order valence-electron chi connectivity index (χ2n) is 3.73. The Morgan fingerprint density at radius 2 is 2.05 bits per heavy atom. The molecule has 0 amide bonds. The fraction of sp³-hybridized carbons (Fsp3) is 0. The SMILES string of the molecule is N#Cc1ccc(S(=O)(=O)Nc2ccc(F)nc2)cc1Cl. The van der Waals surface area contributed by atoms with Crippen molar-refractivity contribution in [1.29, 1.82) is 5.26 Å². The molecular formula is C12H7ClFN3O2S. The van der Waals surface area contributed by atoms with E-state index in [1.807, 2.05) is 6.07 Å². The first-order valence-electron chi connectivity index (χ1n) is 5.26. The van der Waals surface area contributed by atoms with Crippen LogP contribution in [-0.2, 0) is 10.0 Å². The molecule has 0 aliphatic rings. The van der Waals surface area contributed by atoms with E-state index in [4.69, 9.17) is 16.9 Å². The van der Waals surface area contributed by atoms with E-state index >= 15 is 0 Å². The van der Waals surface area contributed by atoms with Crippen molar-refractivity contribution < 1.29 is 12.8 Å². The molecule has 0 atom stereocenters. The van der Waals surface area contributed by atoms with Gasteiger partial charge in [-0.2, -0.15) is 9.65 Å². The Hall–Kier alpha value is -2.17. The highest BCUT2D eigenvalue weighted by atomic mass is 35.5. The topological polar surface area (TPSA) is 82.8 Å². The lowest BCUT2D eigenvalue weighted by molar-refractivity contribution is 0.583. The molecule has 1 aromatic heterocycles. The van der Waals surface area contributed by atoms with Gasteiger partial charge in [0.15, 0.2) is 0 Å². The van der Waals surface area contributed by atoms with Crippen molar-refractivity contribution in [2.45, 2.75) is 4.90 Å². The fourth-order valence-corrected chi connectivity index (χ4v) is 2.76. The van der Waals surface area contributed by atoms with Crippen LogP contribution in [0.25, 0.3) is 0 Å². The van der Waals surface area contributed by atoms with E-state index in [1.54, 1.807) is 0 Å². The average Bonchev–Trinajstić information content (AvgIpc) is 2.41. The van der Waals surface area contributed by atoms with Crippen LogP contribution < -0.4 is 4.72 Å². The van der Waals surface area contributed by atoms with Crippen LogP contribution >= 0.6 is 11.6 Å². The molecule has 1 aromatic carbocycles. The molecule has 5 nitrogen and oxygen atoms in total. The van der Waals surface area contributed by atoms with Crippen molar-refractivity contribution in [2.24, 2.45) is 0 Å². The number of sulfonamides is 1. The van der Waals surface area contributed by atoms with Gasteiger partial charge in [-0.15, -0.1) is 0 Å². The Labute approximate surface area is 119 Å². The highest BCUT2D eigenvalue weighted by Gasteiger charge is 2.16. The monoisotopic (exact) mass is 311 g/mol. The van der Waals surface area contributed by atoms with Gasteiger partial charge in [-0.25, -0.2) is 13.4 Å². The van der Waals surface area contributed by atoms with Gasteiger partial charge in [-0.1, -0.05) is 11.6 Å². The second-order valence-corrected chi connectivity index (χ2v) is 5.82. The summed E-state index contributed by atoms with van der Waals surface area (Å²) in [5, 5.41) is 8.76. The van der Waals surface area contributed by atoms with Gasteiger partial charge < -0.3 is 0 Å². The minimum atomic E-state index is -3.88. The molecule has 0 radical (unpaired) electrons. The lowest BCUT2D eigenvalue weighted by Gasteiger charge is -2.08. The molecule has 2 rings (SSSR count). The first-order valence-corrected chi connectivity index (χ1v) is 7.12. The lowest BCUT2D eigenvalue weighted by atomic mass is 10.2. The minimum absolute atomic E-state index is 0.0348. The smallest absolute Gasteiger partial charge is 0.261 e. The zero-order valence-corrected chi connectivity index (χ0v) is 11.4. The number of nitriles is 1. The van der Waals surface area contributed by atoms with Gasteiger partial charge in [-0.3, -0.25) is 4.72 Å². The number of aromatic nitrogens is 1. The predicted molar refractivity (Wildman–Crippen MR) is 71.2 cm³/mol. The van der Waals surface area contributed by atoms with Gasteiger partial charge in [0.2, 0.25) is 5.95 Å². The summed E-state index contributed by atoms with van der Waals surface area (Å²) in [4.78, 5) is 3.23. The number of hydrogen-bond acceptors (Lipinski definition) is 4. The summed E-state index contributed by atoms with van der Waals surface area (Å²) in [6.45, 7) is 0. The minimum Gasteiger partial charge on any atom is -0.278 e. The van der Waals surface area contributed by atoms with Crippen LogP contribution in [0.2, 0.25) is 5.02 Å². The van der Waals surface area contributed by atoms with Crippen LogP contribution in [0.3, 0.4) is 0 Å². The number of halogens is 2. The van der Waals surface area contributed by atoms with Crippen molar-refractivity contribution >= 4 is 27.3 Å². The molecule has 0 spiro atoms. The highest BCUT2D eigenvalue weighted by Crippen LogP contribution is 2.22. The van der Waals surface area contributed by atoms with Crippen LogP contribution in [0.5, 0.6) is 0 Å². The van der Waals surface area contributed by atoms with Gasteiger partial charge in [0.05, 0.1) is 27.4 Å². The Kier molecular flexibility index (Phi) is 3.88. The third kappa shape index (κ3) is 3.04. The number of hydrogen-bond donors (Lipinski definition) is 1. The van der Waals surface area contributed by atoms with Crippen molar-refractivity contribution in [1.82, 2.24) is 4.98 Å². The average molecular weight is 312 g/mol. The van der Waals surface area contributed by atoms with E-state index in [-0.39, 0.29) is 21.2 Å². The van der Waals surface area contributed by atoms with E-state index in [1.165, 1.54) is 24.3 Å². The molecule has 102 valence electrons. The Morgan fingerprint density at radius 1 is 1.30 bits per heavy atom. The molecule has 0 bridgehead atoms. The zero-order chi connectivity index (χ0) is 14.8. The molecule has 8 heteroatoms. The molecule has 0 aliphatic carbocycles. The summed E-state index contributed by atoms with van der Waals surface area (Å²) < 4.78 is 39.0. The largest absolute Gasteiger partial charge is 0.278 e. The predicted octanol–water partition coefficient (Wildman–Crippen LogP) is 2.55. The normalized spacial score (nSPS) is 10.8. The number of anilines is 1. The van der Waals surface area contributed by atoms with Crippen molar-refractivity contribution in [3.05, 3.63) is 53.1 Å². The summed E-state index contributed by atoms with van der Waals surface area (Å²) in [5.74, 6) is -0.714. The van der Waals surface area contributed by atoms with E-state index in [9.17, 15) is 12.8 Å². The molecule has 1 heterocycles. The van der Waals surface area contributed by atoms with Gasteiger partial charge in [0, 0.05) is 0 Å². The van der Waals surface area contributed by atoms with E-state index in [0.717, 1.165) is 12.3 Å².